The summed E-state index contributed by atoms with van der Waals surface area (Å²) in [5, 5.41) is 0. The third-order valence-electron chi connectivity index (χ3n) is 2.08. The van der Waals surface area contributed by atoms with Gasteiger partial charge >= 0.3 is 11.9 Å². The molecule has 0 aromatic rings. The van der Waals surface area contributed by atoms with Gasteiger partial charge in [0.05, 0.1) is 0 Å². The summed E-state index contributed by atoms with van der Waals surface area (Å²) in [6.45, 7) is 0.437. The fourth-order valence-corrected chi connectivity index (χ4v) is 1.16. The lowest BCUT2D eigenvalue weighted by atomic mass is 10.1. The second kappa shape index (κ2) is 9.46. The third kappa shape index (κ3) is 5.92. The first-order chi connectivity index (χ1) is 9.55. The van der Waals surface area contributed by atoms with Crippen LogP contribution in [0.25, 0.3) is 0 Å². The van der Waals surface area contributed by atoms with Crippen LogP contribution in [0.2, 0.25) is 0 Å². The quantitative estimate of drug-likeness (QED) is 0.227. The predicted molar refractivity (Wildman–Crippen MR) is 64.1 cm³/mol. The van der Waals surface area contributed by atoms with Gasteiger partial charge in [-0.2, -0.15) is 0 Å². The van der Waals surface area contributed by atoms with Crippen LogP contribution in [0.5, 0.6) is 0 Å². The minimum atomic E-state index is -2.70. The summed E-state index contributed by atoms with van der Waals surface area (Å²) in [6, 6.07) is -1.08. The van der Waals surface area contributed by atoms with Crippen LogP contribution in [0.4, 0.5) is 0 Å². The molecule has 0 spiro atoms. The zero-order valence-electron chi connectivity index (χ0n) is 10.4. The van der Waals surface area contributed by atoms with Crippen molar-refractivity contribution in [2.75, 3.05) is 6.54 Å². The maximum absolute atomic E-state index is 11.6. The van der Waals surface area contributed by atoms with Crippen LogP contribution in [-0.4, -0.2) is 42.8 Å². The van der Waals surface area contributed by atoms with E-state index in [1.165, 1.54) is 0 Å². The van der Waals surface area contributed by atoms with E-state index in [0.717, 1.165) is 18.2 Å². The molecule has 0 aromatic carbocycles. The monoisotopic (exact) mass is 283 g/mol. The van der Waals surface area contributed by atoms with Crippen LogP contribution in [0.3, 0.4) is 0 Å². The number of hydrogen-bond acceptors (Lipinski definition) is 10. The molecule has 20 heavy (non-hydrogen) atoms. The maximum Gasteiger partial charge on any atom is 0.441 e. The van der Waals surface area contributed by atoms with E-state index in [2.05, 4.69) is 19.7 Å². The number of ether oxygens (including phenoxy) is 1. The lowest BCUT2D eigenvalue weighted by molar-refractivity contribution is -0.159. The van der Waals surface area contributed by atoms with E-state index in [4.69, 9.17) is 11.5 Å². The van der Waals surface area contributed by atoms with Crippen molar-refractivity contribution >= 4 is 24.2 Å². The van der Waals surface area contributed by atoms with E-state index in [0.29, 0.717) is 19.4 Å². The third-order valence-corrected chi connectivity index (χ3v) is 2.08. The van der Waals surface area contributed by atoms with Crippen LogP contribution in [0.15, 0.2) is 15.0 Å². The number of esters is 1. The molecule has 1 atom stereocenters. The summed E-state index contributed by atoms with van der Waals surface area (Å²) in [5.41, 5.74) is 10.8. The van der Waals surface area contributed by atoms with Gasteiger partial charge in [-0.1, -0.05) is 6.42 Å². The average molecular weight is 283 g/mol. The van der Waals surface area contributed by atoms with Crippen LogP contribution in [0.1, 0.15) is 19.3 Å². The van der Waals surface area contributed by atoms with Crippen molar-refractivity contribution in [2.45, 2.75) is 31.3 Å². The second-order valence-electron chi connectivity index (χ2n) is 3.50. The SMILES string of the molecule is NCCCC[C@H](N)C(=O)OC(N=C=O)(N=C=O)N=C=O. The maximum atomic E-state index is 11.6. The molecule has 10 nitrogen and oxygen atoms in total. The standard InChI is InChI=1S/C10H13N5O5/c11-4-2-1-3-8(12)9(19)20-10(13-5-16,14-6-17)15-7-18/h8H,1-4,11-12H2/t8-/m0/s1. The Labute approximate surface area is 113 Å². The van der Waals surface area contributed by atoms with Gasteiger partial charge in [0.1, 0.15) is 6.04 Å². The summed E-state index contributed by atoms with van der Waals surface area (Å²) in [5.74, 6) is -3.76. The van der Waals surface area contributed by atoms with Gasteiger partial charge in [0.25, 0.3) is 0 Å². The number of hydrogen-bond donors (Lipinski definition) is 2. The summed E-state index contributed by atoms with van der Waals surface area (Å²) in [7, 11) is 0. The molecule has 0 unspecified atom stereocenters. The summed E-state index contributed by atoms with van der Waals surface area (Å²) in [4.78, 5) is 50.9. The number of carbonyl (C=O) groups is 1. The van der Waals surface area contributed by atoms with Crippen LogP contribution < -0.4 is 11.5 Å². The van der Waals surface area contributed by atoms with E-state index in [-0.39, 0.29) is 6.42 Å². The number of unbranched alkanes of at least 4 members (excludes halogenated alkanes) is 1. The topological polar surface area (TPSA) is 167 Å². The van der Waals surface area contributed by atoms with Gasteiger partial charge in [0, 0.05) is 0 Å². The van der Waals surface area contributed by atoms with E-state index in [1.807, 2.05) is 0 Å². The molecule has 0 heterocycles. The van der Waals surface area contributed by atoms with Gasteiger partial charge in [0.15, 0.2) is 0 Å². The molecule has 0 radical (unpaired) electrons. The van der Waals surface area contributed by atoms with E-state index in [9.17, 15) is 19.2 Å². The van der Waals surface area contributed by atoms with Gasteiger partial charge in [-0.3, -0.25) is 4.79 Å². The first-order valence-electron chi connectivity index (χ1n) is 5.50. The highest BCUT2D eigenvalue weighted by Gasteiger charge is 2.36. The highest BCUT2D eigenvalue weighted by Crippen LogP contribution is 2.17. The molecular weight excluding hydrogens is 270 g/mol. The van der Waals surface area contributed by atoms with Crippen molar-refractivity contribution in [2.24, 2.45) is 26.4 Å². The molecule has 0 fully saturated rings. The number of carbonyl (C=O) groups excluding carboxylic acids is 4. The first-order valence-corrected chi connectivity index (χ1v) is 5.50. The molecule has 0 aliphatic carbocycles. The molecule has 4 N–H and O–H groups in total. The van der Waals surface area contributed by atoms with E-state index < -0.39 is 18.0 Å². The number of isocyanates is 3. The van der Waals surface area contributed by atoms with Gasteiger partial charge in [-0.15, -0.1) is 15.0 Å². The molecule has 0 aliphatic rings. The van der Waals surface area contributed by atoms with Gasteiger partial charge in [-0.05, 0) is 19.4 Å². The first kappa shape index (κ1) is 17.5. The number of nitrogens with zero attached hydrogens (tertiary/aromatic N) is 3. The molecule has 0 saturated carbocycles. The van der Waals surface area contributed by atoms with Crippen molar-refractivity contribution in [3.05, 3.63) is 0 Å². The van der Waals surface area contributed by atoms with Gasteiger partial charge in [0.2, 0.25) is 18.2 Å². The zero-order chi connectivity index (χ0) is 15.4. The predicted octanol–water partition coefficient (Wildman–Crippen LogP) is -1.40. The Hall–Kier alpha value is -2.47. The second-order valence-corrected chi connectivity index (χ2v) is 3.50. The smallest absolute Gasteiger partial charge is 0.394 e. The Morgan fingerprint density at radius 3 is 2.00 bits per heavy atom. The highest BCUT2D eigenvalue weighted by atomic mass is 16.6. The molecular formula is C10H13N5O5. The van der Waals surface area contributed by atoms with Gasteiger partial charge < -0.3 is 16.2 Å². The van der Waals surface area contributed by atoms with Crippen molar-refractivity contribution in [1.82, 2.24) is 0 Å². The Morgan fingerprint density at radius 2 is 1.60 bits per heavy atom. The minimum absolute atomic E-state index is 0.243. The summed E-state index contributed by atoms with van der Waals surface area (Å²) >= 11 is 0. The molecule has 0 aliphatic heterocycles. The lowest BCUT2D eigenvalue weighted by Gasteiger charge is -2.18. The fourth-order valence-electron chi connectivity index (χ4n) is 1.16. The molecule has 0 amide bonds. The van der Waals surface area contributed by atoms with E-state index >= 15 is 0 Å². The largest absolute Gasteiger partial charge is 0.441 e. The summed E-state index contributed by atoms with van der Waals surface area (Å²) in [6.07, 6.45) is 4.36. The van der Waals surface area contributed by atoms with E-state index in [1.54, 1.807) is 0 Å². The average Bonchev–Trinajstić information content (AvgIpc) is 2.39. The Morgan fingerprint density at radius 1 is 1.10 bits per heavy atom. The van der Waals surface area contributed by atoms with Crippen LogP contribution in [-0.2, 0) is 23.9 Å². The molecule has 0 bridgehead atoms. The fraction of sp³-hybridized carbons (Fsp3) is 0.600. The molecule has 0 saturated heterocycles. The molecule has 0 rings (SSSR count). The minimum Gasteiger partial charge on any atom is -0.394 e. The normalized spacial score (nSPS) is 13.7. The van der Waals surface area contributed by atoms with Crippen LogP contribution in [0, 0.1) is 0 Å². The Balaban J connectivity index is 4.97. The lowest BCUT2D eigenvalue weighted by Crippen LogP contribution is -2.39. The van der Waals surface area contributed by atoms with Crippen molar-refractivity contribution in [1.29, 1.82) is 0 Å². The Kier molecular flexibility index (Phi) is 8.29. The Bertz CT molecular complexity index is 429. The van der Waals surface area contributed by atoms with Crippen molar-refractivity contribution < 1.29 is 23.9 Å². The number of nitrogens with two attached hydrogens (primary N) is 2. The molecule has 108 valence electrons. The number of aliphatic imine (C=N–C) groups is 3. The molecule has 10 heteroatoms. The van der Waals surface area contributed by atoms with Crippen LogP contribution >= 0.6 is 0 Å². The molecule has 0 aromatic heterocycles. The van der Waals surface area contributed by atoms with Gasteiger partial charge in [-0.25, -0.2) is 14.4 Å². The van der Waals surface area contributed by atoms with Crippen molar-refractivity contribution in [3.63, 3.8) is 0 Å². The highest BCUT2D eigenvalue weighted by molar-refractivity contribution is 5.76. The number of rotatable bonds is 9. The van der Waals surface area contributed by atoms with Crippen molar-refractivity contribution in [3.8, 4) is 0 Å². The zero-order valence-corrected chi connectivity index (χ0v) is 10.4. The summed E-state index contributed by atoms with van der Waals surface area (Å²) < 4.78 is 4.57.